The van der Waals surface area contributed by atoms with Gasteiger partial charge in [0.05, 0.1) is 12.1 Å². The van der Waals surface area contributed by atoms with Crippen molar-refractivity contribution in [1.82, 2.24) is 4.90 Å². The van der Waals surface area contributed by atoms with Gasteiger partial charge in [0, 0.05) is 6.04 Å². The monoisotopic (exact) mass is 172 g/mol. The van der Waals surface area contributed by atoms with Gasteiger partial charge < -0.3 is 5.73 Å². The number of nitrogens with two attached hydrogens (primary N) is 1. The summed E-state index contributed by atoms with van der Waals surface area (Å²) in [6, 6.07) is 0.385. The second-order valence-electron chi connectivity index (χ2n) is 4.15. The molecule has 0 aromatic heterocycles. The molecule has 0 aromatic carbocycles. The van der Waals surface area contributed by atoms with Crippen molar-refractivity contribution in [2.24, 2.45) is 5.73 Å². The molecular formula is C9H20N2O. The lowest BCUT2D eigenvalue weighted by Gasteiger charge is -2.24. The number of ketones is 1. The Labute approximate surface area is 74.9 Å². The van der Waals surface area contributed by atoms with E-state index in [1.165, 1.54) is 0 Å². The number of rotatable bonds is 4. The van der Waals surface area contributed by atoms with Crippen molar-refractivity contribution in [3.63, 3.8) is 0 Å². The Hall–Kier alpha value is -0.410. The molecule has 0 heterocycles. The highest BCUT2D eigenvalue weighted by atomic mass is 16.1. The van der Waals surface area contributed by atoms with E-state index >= 15 is 0 Å². The molecule has 2 N–H and O–H groups in total. The number of carbonyl (C=O) groups is 1. The highest BCUT2D eigenvalue weighted by Crippen LogP contribution is 2.02. The molecule has 0 aliphatic heterocycles. The Bertz CT molecular complexity index is 158. The fourth-order valence-corrected chi connectivity index (χ4v) is 0.613. The second-order valence-corrected chi connectivity index (χ2v) is 4.15. The molecule has 0 rings (SSSR count). The maximum absolute atomic E-state index is 11.4. The van der Waals surface area contributed by atoms with Gasteiger partial charge in [0.15, 0.2) is 5.78 Å². The van der Waals surface area contributed by atoms with Crippen LogP contribution in [0.1, 0.15) is 27.7 Å². The van der Waals surface area contributed by atoms with Gasteiger partial charge in [-0.3, -0.25) is 9.69 Å². The van der Waals surface area contributed by atoms with Crippen LogP contribution in [-0.2, 0) is 4.79 Å². The van der Waals surface area contributed by atoms with Crippen molar-refractivity contribution in [1.29, 1.82) is 0 Å². The average molecular weight is 172 g/mol. The molecule has 0 radical (unpaired) electrons. The minimum Gasteiger partial charge on any atom is -0.319 e. The van der Waals surface area contributed by atoms with E-state index in [2.05, 4.69) is 13.8 Å². The molecular weight excluding hydrogens is 152 g/mol. The second kappa shape index (κ2) is 4.01. The van der Waals surface area contributed by atoms with Crippen molar-refractivity contribution in [3.05, 3.63) is 0 Å². The minimum atomic E-state index is -0.705. The fourth-order valence-electron chi connectivity index (χ4n) is 0.613. The Morgan fingerprint density at radius 2 is 1.92 bits per heavy atom. The molecule has 0 aliphatic carbocycles. The lowest BCUT2D eigenvalue weighted by Crippen LogP contribution is -2.47. The van der Waals surface area contributed by atoms with Gasteiger partial charge in [-0.25, -0.2) is 0 Å². The number of nitrogens with zero attached hydrogens (tertiary/aromatic N) is 1. The molecule has 72 valence electrons. The van der Waals surface area contributed by atoms with Gasteiger partial charge in [-0.1, -0.05) is 0 Å². The quantitative estimate of drug-likeness (QED) is 0.676. The summed E-state index contributed by atoms with van der Waals surface area (Å²) in [5.74, 6) is 0.0821. The summed E-state index contributed by atoms with van der Waals surface area (Å²) in [5.41, 5.74) is 4.95. The van der Waals surface area contributed by atoms with Crippen molar-refractivity contribution < 1.29 is 4.79 Å². The third-order valence-electron chi connectivity index (χ3n) is 1.99. The molecule has 0 saturated heterocycles. The number of Topliss-reactive ketones (excluding diaryl/α,β-unsaturated/α-hetero) is 1. The van der Waals surface area contributed by atoms with E-state index < -0.39 is 5.54 Å². The van der Waals surface area contributed by atoms with Crippen LogP contribution >= 0.6 is 0 Å². The van der Waals surface area contributed by atoms with E-state index in [4.69, 9.17) is 5.73 Å². The van der Waals surface area contributed by atoms with Crippen LogP contribution in [0.2, 0.25) is 0 Å². The van der Waals surface area contributed by atoms with E-state index in [9.17, 15) is 4.79 Å². The molecule has 0 spiro atoms. The Balaban J connectivity index is 4.02. The standard InChI is InChI=1S/C9H20N2O/c1-7(2)11(5)6-8(12)9(3,4)10/h7H,6,10H2,1-5H3. The van der Waals surface area contributed by atoms with Gasteiger partial charge in [0.2, 0.25) is 0 Å². The molecule has 12 heavy (non-hydrogen) atoms. The van der Waals surface area contributed by atoms with Crippen LogP contribution in [-0.4, -0.2) is 35.9 Å². The van der Waals surface area contributed by atoms with Crippen LogP contribution in [0.5, 0.6) is 0 Å². The summed E-state index contributed by atoms with van der Waals surface area (Å²) < 4.78 is 0. The van der Waals surface area contributed by atoms with E-state index in [1.807, 2.05) is 11.9 Å². The molecule has 0 fully saturated rings. The zero-order valence-electron chi connectivity index (χ0n) is 8.72. The van der Waals surface area contributed by atoms with E-state index in [0.29, 0.717) is 12.6 Å². The predicted octanol–water partition coefficient (Wildman–Crippen LogP) is 0.633. The zero-order valence-corrected chi connectivity index (χ0v) is 8.72. The summed E-state index contributed by atoms with van der Waals surface area (Å²) in [6.07, 6.45) is 0. The molecule has 0 unspecified atom stereocenters. The van der Waals surface area contributed by atoms with E-state index in [-0.39, 0.29) is 5.78 Å². The number of hydrogen-bond donors (Lipinski definition) is 1. The maximum Gasteiger partial charge on any atom is 0.165 e. The summed E-state index contributed by atoms with van der Waals surface area (Å²) in [6.45, 7) is 8.02. The highest BCUT2D eigenvalue weighted by molar-refractivity contribution is 5.88. The Morgan fingerprint density at radius 1 is 1.50 bits per heavy atom. The van der Waals surface area contributed by atoms with Crippen LogP contribution in [0.25, 0.3) is 0 Å². The van der Waals surface area contributed by atoms with Crippen molar-refractivity contribution in [3.8, 4) is 0 Å². The van der Waals surface area contributed by atoms with Gasteiger partial charge in [-0.15, -0.1) is 0 Å². The fraction of sp³-hybridized carbons (Fsp3) is 0.889. The Kier molecular flexibility index (Phi) is 3.87. The summed E-state index contributed by atoms with van der Waals surface area (Å²) in [7, 11) is 1.92. The first-order chi connectivity index (χ1) is 5.25. The van der Waals surface area contributed by atoms with Gasteiger partial charge in [0.25, 0.3) is 0 Å². The number of hydrogen-bond acceptors (Lipinski definition) is 3. The van der Waals surface area contributed by atoms with Gasteiger partial charge in [0.1, 0.15) is 0 Å². The molecule has 0 aromatic rings. The SMILES string of the molecule is CC(C)N(C)CC(=O)C(C)(C)N. The first kappa shape index (κ1) is 11.6. The molecule has 0 saturated carbocycles. The summed E-state index contributed by atoms with van der Waals surface area (Å²) >= 11 is 0. The average Bonchev–Trinajstić information content (AvgIpc) is 1.85. The van der Waals surface area contributed by atoms with Crippen LogP contribution in [0.15, 0.2) is 0 Å². The third-order valence-corrected chi connectivity index (χ3v) is 1.99. The van der Waals surface area contributed by atoms with E-state index in [0.717, 1.165) is 0 Å². The zero-order chi connectivity index (χ0) is 9.94. The van der Waals surface area contributed by atoms with Crippen molar-refractivity contribution >= 4 is 5.78 Å². The normalized spacial score (nSPS) is 12.7. The third kappa shape index (κ3) is 3.83. The van der Waals surface area contributed by atoms with Crippen LogP contribution < -0.4 is 5.73 Å². The lowest BCUT2D eigenvalue weighted by molar-refractivity contribution is -0.124. The largest absolute Gasteiger partial charge is 0.319 e. The smallest absolute Gasteiger partial charge is 0.165 e. The van der Waals surface area contributed by atoms with Crippen LogP contribution in [0.3, 0.4) is 0 Å². The topological polar surface area (TPSA) is 46.3 Å². The maximum atomic E-state index is 11.4. The first-order valence-corrected chi connectivity index (χ1v) is 4.27. The Morgan fingerprint density at radius 3 is 2.17 bits per heavy atom. The predicted molar refractivity (Wildman–Crippen MR) is 51.0 cm³/mol. The number of carbonyl (C=O) groups excluding carboxylic acids is 1. The van der Waals surface area contributed by atoms with Crippen LogP contribution in [0.4, 0.5) is 0 Å². The lowest BCUT2D eigenvalue weighted by atomic mass is 10.0. The van der Waals surface area contributed by atoms with Gasteiger partial charge in [-0.2, -0.15) is 0 Å². The molecule has 0 aliphatic rings. The first-order valence-electron chi connectivity index (χ1n) is 4.27. The number of likely N-dealkylation sites (N-methyl/N-ethyl adjacent to an activating group) is 1. The summed E-state index contributed by atoms with van der Waals surface area (Å²) in [5, 5.41) is 0. The van der Waals surface area contributed by atoms with Crippen molar-refractivity contribution in [2.45, 2.75) is 39.3 Å². The van der Waals surface area contributed by atoms with Gasteiger partial charge in [-0.05, 0) is 34.7 Å². The molecule has 3 heteroatoms. The molecule has 0 amide bonds. The van der Waals surface area contributed by atoms with E-state index in [1.54, 1.807) is 13.8 Å². The van der Waals surface area contributed by atoms with Gasteiger partial charge >= 0.3 is 0 Å². The van der Waals surface area contributed by atoms with Crippen molar-refractivity contribution in [2.75, 3.05) is 13.6 Å². The molecule has 0 bridgehead atoms. The van der Waals surface area contributed by atoms with Crippen LogP contribution in [0, 0.1) is 0 Å². The summed E-state index contributed by atoms with van der Waals surface area (Å²) in [4.78, 5) is 13.4. The molecule has 0 atom stereocenters. The highest BCUT2D eigenvalue weighted by Gasteiger charge is 2.23. The minimum absolute atomic E-state index is 0.0821. The molecule has 3 nitrogen and oxygen atoms in total.